The topological polar surface area (TPSA) is 49.3 Å². The molecular weight excluding hydrogens is 202 g/mol. The second-order valence-corrected chi connectivity index (χ2v) is 4.19. The maximum Gasteiger partial charge on any atom is 0.306 e. The lowest BCUT2D eigenvalue weighted by Crippen LogP contribution is -2.20. The van der Waals surface area contributed by atoms with Gasteiger partial charge in [0.05, 0.1) is 5.92 Å². The zero-order valence-corrected chi connectivity index (χ0v) is 9.86. The Hall–Kier alpha value is -1.35. The Bertz CT molecular complexity index is 350. The first-order chi connectivity index (χ1) is 7.59. The summed E-state index contributed by atoms with van der Waals surface area (Å²) >= 11 is 0. The minimum Gasteiger partial charge on any atom is -0.481 e. The Labute approximate surface area is 96.5 Å². The summed E-state index contributed by atoms with van der Waals surface area (Å²) in [4.78, 5) is 10.6. The van der Waals surface area contributed by atoms with Crippen LogP contribution in [0.25, 0.3) is 0 Å². The lowest BCUT2D eigenvalue weighted by Gasteiger charge is -2.08. The first kappa shape index (κ1) is 12.7. The molecule has 0 fully saturated rings. The molecule has 0 saturated heterocycles. The highest BCUT2D eigenvalue weighted by molar-refractivity contribution is 5.69. The van der Waals surface area contributed by atoms with Crippen molar-refractivity contribution in [3.63, 3.8) is 0 Å². The molecule has 0 radical (unpaired) electrons. The van der Waals surface area contributed by atoms with Crippen LogP contribution in [0.5, 0.6) is 0 Å². The Morgan fingerprint density at radius 2 is 2.25 bits per heavy atom. The highest BCUT2D eigenvalue weighted by Gasteiger charge is 2.09. The first-order valence-corrected chi connectivity index (χ1v) is 5.58. The van der Waals surface area contributed by atoms with Gasteiger partial charge in [-0.25, -0.2) is 0 Å². The molecule has 16 heavy (non-hydrogen) atoms. The zero-order chi connectivity index (χ0) is 12.0. The van der Waals surface area contributed by atoms with Gasteiger partial charge in [-0.2, -0.15) is 0 Å². The monoisotopic (exact) mass is 221 g/mol. The van der Waals surface area contributed by atoms with Crippen molar-refractivity contribution >= 4 is 5.97 Å². The molecule has 1 rings (SSSR count). The quantitative estimate of drug-likeness (QED) is 0.724. The number of carboxylic acids is 1. The van der Waals surface area contributed by atoms with Crippen LogP contribution >= 0.6 is 0 Å². The zero-order valence-electron chi connectivity index (χ0n) is 9.86. The van der Waals surface area contributed by atoms with Crippen LogP contribution in [0.3, 0.4) is 0 Å². The Morgan fingerprint density at radius 3 is 2.88 bits per heavy atom. The minimum atomic E-state index is -0.725. The molecule has 0 aromatic heterocycles. The van der Waals surface area contributed by atoms with Gasteiger partial charge in [-0.15, -0.1) is 0 Å². The van der Waals surface area contributed by atoms with Gasteiger partial charge in [0.2, 0.25) is 0 Å². The average molecular weight is 221 g/mol. The van der Waals surface area contributed by atoms with Gasteiger partial charge in [0.15, 0.2) is 0 Å². The maximum absolute atomic E-state index is 10.6. The van der Waals surface area contributed by atoms with Crippen molar-refractivity contribution in [3.8, 4) is 0 Å². The molecule has 2 N–H and O–H groups in total. The molecule has 3 heteroatoms. The van der Waals surface area contributed by atoms with Gasteiger partial charge in [0.1, 0.15) is 0 Å². The molecule has 0 saturated carbocycles. The fraction of sp³-hybridized carbons (Fsp3) is 0.462. The fourth-order valence-electron chi connectivity index (χ4n) is 1.50. The molecule has 0 bridgehead atoms. The summed E-state index contributed by atoms with van der Waals surface area (Å²) in [5.41, 5.74) is 2.49. The average Bonchev–Trinajstić information content (AvgIpc) is 2.24. The van der Waals surface area contributed by atoms with Crippen LogP contribution in [0.2, 0.25) is 0 Å². The van der Waals surface area contributed by atoms with Gasteiger partial charge in [0.25, 0.3) is 0 Å². The summed E-state index contributed by atoms with van der Waals surface area (Å²) < 4.78 is 0. The molecule has 0 spiro atoms. The van der Waals surface area contributed by atoms with Crippen molar-refractivity contribution in [2.75, 3.05) is 6.54 Å². The van der Waals surface area contributed by atoms with E-state index in [0.29, 0.717) is 6.42 Å². The summed E-state index contributed by atoms with van der Waals surface area (Å²) in [6, 6.07) is 8.30. The summed E-state index contributed by atoms with van der Waals surface area (Å²) in [5, 5.41) is 12.0. The van der Waals surface area contributed by atoms with E-state index in [-0.39, 0.29) is 5.92 Å². The van der Waals surface area contributed by atoms with Crippen LogP contribution in [0.15, 0.2) is 24.3 Å². The van der Waals surface area contributed by atoms with E-state index in [1.165, 1.54) is 11.1 Å². The molecule has 0 heterocycles. The van der Waals surface area contributed by atoms with E-state index in [4.69, 9.17) is 5.11 Å². The van der Waals surface area contributed by atoms with Crippen molar-refractivity contribution in [3.05, 3.63) is 35.4 Å². The highest BCUT2D eigenvalue weighted by atomic mass is 16.4. The van der Waals surface area contributed by atoms with Crippen molar-refractivity contribution in [1.29, 1.82) is 0 Å². The number of hydrogen-bond acceptors (Lipinski definition) is 2. The third-order valence-corrected chi connectivity index (χ3v) is 2.59. The number of hydrogen-bond donors (Lipinski definition) is 2. The van der Waals surface area contributed by atoms with Crippen molar-refractivity contribution in [2.45, 2.75) is 26.8 Å². The Morgan fingerprint density at radius 1 is 1.50 bits per heavy atom. The van der Waals surface area contributed by atoms with Crippen LogP contribution < -0.4 is 5.32 Å². The number of aryl methyl sites for hydroxylation is 1. The van der Waals surface area contributed by atoms with Crippen LogP contribution in [0, 0.1) is 12.8 Å². The molecule has 1 aromatic rings. The number of aliphatic carboxylic acids is 1. The molecule has 1 aromatic carbocycles. The van der Waals surface area contributed by atoms with Crippen LogP contribution in [0.1, 0.15) is 24.5 Å². The summed E-state index contributed by atoms with van der Waals surface area (Å²) in [6.45, 7) is 5.34. The standard InChI is InChI=1S/C13H19NO2/c1-10-4-3-5-12(8-10)9-14-7-6-11(2)13(15)16/h3-5,8,11,14H,6-7,9H2,1-2H3,(H,15,16). The predicted octanol–water partition coefficient (Wildman–Crippen LogP) is 2.20. The predicted molar refractivity (Wildman–Crippen MR) is 64.3 cm³/mol. The molecule has 1 unspecified atom stereocenters. The SMILES string of the molecule is Cc1cccc(CNCCC(C)C(=O)O)c1. The Balaban J connectivity index is 2.23. The van der Waals surface area contributed by atoms with Gasteiger partial charge in [-0.3, -0.25) is 4.79 Å². The van der Waals surface area contributed by atoms with E-state index in [0.717, 1.165) is 13.1 Å². The van der Waals surface area contributed by atoms with Crippen LogP contribution in [0.4, 0.5) is 0 Å². The minimum absolute atomic E-state index is 0.273. The number of benzene rings is 1. The smallest absolute Gasteiger partial charge is 0.306 e. The van der Waals surface area contributed by atoms with Crippen LogP contribution in [-0.2, 0) is 11.3 Å². The molecule has 0 aliphatic carbocycles. The number of nitrogens with one attached hydrogen (secondary N) is 1. The number of rotatable bonds is 6. The Kier molecular flexibility index (Phi) is 4.99. The van der Waals surface area contributed by atoms with Gasteiger partial charge in [0, 0.05) is 6.54 Å². The van der Waals surface area contributed by atoms with Gasteiger partial charge >= 0.3 is 5.97 Å². The second kappa shape index (κ2) is 6.28. The number of carboxylic acid groups (broad SMARTS) is 1. The third kappa shape index (κ3) is 4.45. The molecule has 0 aliphatic heterocycles. The summed E-state index contributed by atoms with van der Waals surface area (Å²) in [6.07, 6.45) is 0.668. The summed E-state index contributed by atoms with van der Waals surface area (Å²) in [5.74, 6) is -0.998. The summed E-state index contributed by atoms with van der Waals surface area (Å²) in [7, 11) is 0. The second-order valence-electron chi connectivity index (χ2n) is 4.19. The van der Waals surface area contributed by atoms with E-state index >= 15 is 0 Å². The molecule has 88 valence electrons. The normalized spacial score (nSPS) is 12.4. The van der Waals surface area contributed by atoms with E-state index < -0.39 is 5.97 Å². The van der Waals surface area contributed by atoms with Crippen molar-refractivity contribution in [1.82, 2.24) is 5.32 Å². The molecule has 1 atom stereocenters. The highest BCUT2D eigenvalue weighted by Crippen LogP contribution is 2.04. The van der Waals surface area contributed by atoms with Crippen molar-refractivity contribution in [2.24, 2.45) is 5.92 Å². The van der Waals surface area contributed by atoms with E-state index in [2.05, 4.69) is 30.4 Å². The molecule has 3 nitrogen and oxygen atoms in total. The molecule has 0 amide bonds. The van der Waals surface area contributed by atoms with E-state index in [1.54, 1.807) is 6.92 Å². The third-order valence-electron chi connectivity index (χ3n) is 2.59. The van der Waals surface area contributed by atoms with E-state index in [1.807, 2.05) is 6.07 Å². The maximum atomic E-state index is 10.6. The largest absolute Gasteiger partial charge is 0.481 e. The molecular formula is C13H19NO2. The van der Waals surface area contributed by atoms with Gasteiger partial charge in [-0.1, -0.05) is 36.8 Å². The van der Waals surface area contributed by atoms with Gasteiger partial charge in [-0.05, 0) is 25.5 Å². The van der Waals surface area contributed by atoms with Crippen molar-refractivity contribution < 1.29 is 9.90 Å². The van der Waals surface area contributed by atoms with E-state index in [9.17, 15) is 4.79 Å². The lowest BCUT2D eigenvalue weighted by molar-refractivity contribution is -0.141. The number of carbonyl (C=O) groups is 1. The molecule has 0 aliphatic rings. The van der Waals surface area contributed by atoms with Crippen LogP contribution in [-0.4, -0.2) is 17.6 Å². The van der Waals surface area contributed by atoms with Gasteiger partial charge < -0.3 is 10.4 Å². The lowest BCUT2D eigenvalue weighted by atomic mass is 10.1. The first-order valence-electron chi connectivity index (χ1n) is 5.58. The fourth-order valence-corrected chi connectivity index (χ4v) is 1.50.